The SMILES string of the molecule is CC(Nc1ncnc(N)c1C#N)c1nc2ccc(F)cc2n1C1CCCN(CCO)C1. The summed E-state index contributed by atoms with van der Waals surface area (Å²) in [6.07, 6.45) is 3.20. The van der Waals surface area contributed by atoms with Gasteiger partial charge in [-0.1, -0.05) is 0 Å². The Balaban J connectivity index is 1.75. The molecule has 3 aromatic rings. The molecule has 1 saturated heterocycles. The molecule has 0 amide bonds. The van der Waals surface area contributed by atoms with Gasteiger partial charge in [-0.15, -0.1) is 0 Å². The Morgan fingerprint density at radius 3 is 3.03 bits per heavy atom. The number of hydrogen-bond acceptors (Lipinski definition) is 8. The summed E-state index contributed by atoms with van der Waals surface area (Å²) >= 11 is 0. The number of nitrogen functional groups attached to an aromatic ring is 1. The Kier molecular flexibility index (Phi) is 5.97. The first kappa shape index (κ1) is 21.0. The van der Waals surface area contributed by atoms with Crippen LogP contribution < -0.4 is 11.1 Å². The molecule has 0 radical (unpaired) electrons. The van der Waals surface area contributed by atoms with Crippen molar-refractivity contribution in [1.82, 2.24) is 24.4 Å². The average molecular weight is 424 g/mol. The summed E-state index contributed by atoms with van der Waals surface area (Å²) in [4.78, 5) is 15.0. The van der Waals surface area contributed by atoms with Crippen LogP contribution in [0.1, 0.15) is 43.2 Å². The zero-order valence-corrected chi connectivity index (χ0v) is 17.3. The van der Waals surface area contributed by atoms with E-state index in [4.69, 9.17) is 10.7 Å². The molecule has 31 heavy (non-hydrogen) atoms. The van der Waals surface area contributed by atoms with Crippen LogP contribution >= 0.6 is 0 Å². The van der Waals surface area contributed by atoms with Crippen molar-refractivity contribution >= 4 is 22.7 Å². The second-order valence-electron chi connectivity index (χ2n) is 7.75. The molecule has 0 aliphatic carbocycles. The van der Waals surface area contributed by atoms with Gasteiger partial charge in [-0.3, -0.25) is 4.90 Å². The Morgan fingerprint density at radius 2 is 2.26 bits per heavy atom. The fourth-order valence-corrected chi connectivity index (χ4v) is 4.25. The minimum atomic E-state index is -0.329. The molecule has 9 nitrogen and oxygen atoms in total. The number of imidazole rings is 1. The number of anilines is 2. The molecule has 0 saturated carbocycles. The molecule has 10 heteroatoms. The summed E-state index contributed by atoms with van der Waals surface area (Å²) in [5, 5.41) is 22.0. The lowest BCUT2D eigenvalue weighted by Crippen LogP contribution is -2.38. The lowest BCUT2D eigenvalue weighted by atomic mass is 10.0. The van der Waals surface area contributed by atoms with E-state index in [1.807, 2.05) is 13.0 Å². The largest absolute Gasteiger partial charge is 0.395 e. The van der Waals surface area contributed by atoms with Gasteiger partial charge in [-0.25, -0.2) is 19.3 Å². The van der Waals surface area contributed by atoms with Crippen molar-refractivity contribution in [1.29, 1.82) is 5.26 Å². The Morgan fingerprint density at radius 1 is 1.42 bits per heavy atom. The van der Waals surface area contributed by atoms with Crippen molar-refractivity contribution in [3.63, 3.8) is 0 Å². The third kappa shape index (κ3) is 4.15. The highest BCUT2D eigenvalue weighted by Crippen LogP contribution is 2.32. The lowest BCUT2D eigenvalue weighted by molar-refractivity contribution is 0.142. The predicted molar refractivity (Wildman–Crippen MR) is 115 cm³/mol. The maximum atomic E-state index is 14.1. The summed E-state index contributed by atoms with van der Waals surface area (Å²) in [7, 11) is 0. The second-order valence-corrected chi connectivity index (χ2v) is 7.75. The predicted octanol–water partition coefficient (Wildman–Crippen LogP) is 2.22. The number of β-amino-alcohol motifs (C(OH)–C–C–N with tert-alkyl or cyclic N) is 1. The number of rotatable bonds is 6. The quantitative estimate of drug-likeness (QED) is 0.549. The van der Waals surface area contributed by atoms with Crippen LogP contribution in [0.3, 0.4) is 0 Å². The van der Waals surface area contributed by atoms with Crippen LogP contribution in [0, 0.1) is 17.1 Å². The molecule has 2 aromatic heterocycles. The molecule has 1 aliphatic rings. The highest BCUT2D eigenvalue weighted by atomic mass is 19.1. The van der Waals surface area contributed by atoms with E-state index in [9.17, 15) is 14.8 Å². The van der Waals surface area contributed by atoms with Crippen molar-refractivity contribution in [2.24, 2.45) is 0 Å². The van der Waals surface area contributed by atoms with E-state index in [-0.39, 0.29) is 35.9 Å². The molecule has 4 N–H and O–H groups in total. The van der Waals surface area contributed by atoms with Crippen LogP contribution in [0.2, 0.25) is 0 Å². The number of nitrogens with two attached hydrogens (primary N) is 1. The molecule has 1 aromatic carbocycles. The molecule has 0 spiro atoms. The maximum absolute atomic E-state index is 14.1. The fourth-order valence-electron chi connectivity index (χ4n) is 4.25. The van der Waals surface area contributed by atoms with E-state index in [0.29, 0.717) is 17.9 Å². The Bertz CT molecular complexity index is 1120. The zero-order valence-electron chi connectivity index (χ0n) is 17.3. The Labute approximate surface area is 179 Å². The van der Waals surface area contributed by atoms with Crippen molar-refractivity contribution in [3.05, 3.63) is 41.7 Å². The first-order valence-corrected chi connectivity index (χ1v) is 10.3. The van der Waals surface area contributed by atoms with E-state index in [1.165, 1.54) is 18.5 Å². The summed E-state index contributed by atoms with van der Waals surface area (Å²) in [5.41, 5.74) is 7.41. The number of nitrogens with zero attached hydrogens (tertiary/aromatic N) is 6. The van der Waals surface area contributed by atoms with E-state index in [2.05, 4.69) is 24.8 Å². The number of nitrogens with one attached hydrogen (secondary N) is 1. The number of aliphatic hydroxyl groups is 1. The van der Waals surface area contributed by atoms with Crippen LogP contribution in [0.4, 0.5) is 16.0 Å². The third-order valence-corrected chi connectivity index (χ3v) is 5.67. The first-order valence-electron chi connectivity index (χ1n) is 10.3. The minimum absolute atomic E-state index is 0.0808. The number of piperidine rings is 1. The lowest BCUT2D eigenvalue weighted by Gasteiger charge is -2.34. The number of aromatic nitrogens is 4. The number of aliphatic hydroxyl groups excluding tert-OH is 1. The van der Waals surface area contributed by atoms with E-state index in [1.54, 1.807) is 6.07 Å². The molecule has 1 aliphatic heterocycles. The van der Waals surface area contributed by atoms with Gasteiger partial charge >= 0.3 is 0 Å². The van der Waals surface area contributed by atoms with Crippen LogP contribution in [-0.2, 0) is 0 Å². The fraction of sp³-hybridized carbons (Fsp3) is 0.429. The molecule has 3 heterocycles. The number of fused-ring (bicyclic) bond motifs is 1. The number of benzene rings is 1. The molecular formula is C21H25FN8O. The molecule has 1 fully saturated rings. The first-order chi connectivity index (χ1) is 15.0. The molecule has 0 bridgehead atoms. The second kappa shape index (κ2) is 8.83. The van der Waals surface area contributed by atoms with Gasteiger partial charge < -0.3 is 20.7 Å². The summed E-state index contributed by atoms with van der Waals surface area (Å²) < 4.78 is 16.2. The average Bonchev–Trinajstić information content (AvgIpc) is 3.13. The maximum Gasteiger partial charge on any atom is 0.150 e. The van der Waals surface area contributed by atoms with Gasteiger partial charge in [0.25, 0.3) is 0 Å². The van der Waals surface area contributed by atoms with Crippen LogP contribution in [0.15, 0.2) is 24.5 Å². The number of halogens is 1. The Hall–Kier alpha value is -3.29. The third-order valence-electron chi connectivity index (χ3n) is 5.67. The van der Waals surface area contributed by atoms with Gasteiger partial charge in [-0.05, 0) is 44.5 Å². The summed E-state index contributed by atoms with van der Waals surface area (Å²) in [6.45, 7) is 4.29. The monoisotopic (exact) mass is 424 g/mol. The van der Waals surface area contributed by atoms with Crippen molar-refractivity contribution in [2.45, 2.75) is 31.8 Å². The van der Waals surface area contributed by atoms with Gasteiger partial charge in [0.2, 0.25) is 0 Å². The van der Waals surface area contributed by atoms with Gasteiger partial charge in [0.15, 0.2) is 0 Å². The highest BCUT2D eigenvalue weighted by Gasteiger charge is 2.27. The smallest absolute Gasteiger partial charge is 0.150 e. The van der Waals surface area contributed by atoms with Crippen molar-refractivity contribution in [3.8, 4) is 6.07 Å². The standard InChI is InChI=1S/C21H25FN8O/c1-13(27-20-16(10-23)19(24)25-12-26-20)21-28-17-5-4-14(22)9-18(17)30(21)15-3-2-6-29(11-15)7-8-31/h4-5,9,12-13,15,31H,2-3,6-8,11H2,1H3,(H3,24,25,26,27). The summed E-state index contributed by atoms with van der Waals surface area (Å²) in [5.74, 6) is 0.837. The topological polar surface area (TPSA) is 129 Å². The zero-order chi connectivity index (χ0) is 22.0. The van der Waals surface area contributed by atoms with Gasteiger partial charge in [0, 0.05) is 19.1 Å². The van der Waals surface area contributed by atoms with Gasteiger partial charge in [0.1, 0.15) is 41.2 Å². The molecule has 4 rings (SSSR count). The van der Waals surface area contributed by atoms with E-state index in [0.717, 1.165) is 37.3 Å². The van der Waals surface area contributed by atoms with Gasteiger partial charge in [0.05, 0.1) is 23.7 Å². The van der Waals surface area contributed by atoms with E-state index >= 15 is 0 Å². The number of nitriles is 1. The van der Waals surface area contributed by atoms with Crippen molar-refractivity contribution in [2.75, 3.05) is 37.3 Å². The van der Waals surface area contributed by atoms with Crippen LogP contribution in [-0.4, -0.2) is 55.8 Å². The van der Waals surface area contributed by atoms with Crippen LogP contribution in [0.25, 0.3) is 11.0 Å². The van der Waals surface area contributed by atoms with Gasteiger partial charge in [-0.2, -0.15) is 5.26 Å². The van der Waals surface area contributed by atoms with Crippen LogP contribution in [0.5, 0.6) is 0 Å². The minimum Gasteiger partial charge on any atom is -0.395 e. The molecular weight excluding hydrogens is 399 g/mol. The van der Waals surface area contributed by atoms with E-state index < -0.39 is 0 Å². The number of hydrogen-bond donors (Lipinski definition) is 3. The molecule has 2 unspecified atom stereocenters. The molecule has 2 atom stereocenters. The number of likely N-dealkylation sites (tertiary alicyclic amines) is 1. The van der Waals surface area contributed by atoms with Crippen molar-refractivity contribution < 1.29 is 9.50 Å². The summed E-state index contributed by atoms with van der Waals surface area (Å²) in [6, 6.07) is 6.37. The highest BCUT2D eigenvalue weighted by molar-refractivity contribution is 5.76. The molecule has 162 valence electrons. The normalized spacial score (nSPS) is 18.1.